The van der Waals surface area contributed by atoms with Crippen molar-refractivity contribution in [1.82, 2.24) is 10.4 Å². The van der Waals surface area contributed by atoms with Crippen molar-refractivity contribution in [1.29, 1.82) is 0 Å². The molecule has 1 amide bonds. The van der Waals surface area contributed by atoms with Gasteiger partial charge in [0.15, 0.2) is 0 Å². The number of nitrogen functional groups attached to an aromatic ring is 1. The van der Waals surface area contributed by atoms with E-state index in [2.05, 4.69) is 10.4 Å². The number of amides is 1. The van der Waals surface area contributed by atoms with Crippen LogP contribution in [0.1, 0.15) is 13.3 Å². The van der Waals surface area contributed by atoms with Crippen LogP contribution >= 0.6 is 11.8 Å². The van der Waals surface area contributed by atoms with Crippen molar-refractivity contribution in [2.75, 3.05) is 5.73 Å². The zero-order chi connectivity index (χ0) is 11.3. The third kappa shape index (κ3) is 4.18. The van der Waals surface area contributed by atoms with Crippen LogP contribution in [-0.2, 0) is 4.79 Å². The summed E-state index contributed by atoms with van der Waals surface area (Å²) in [5.74, 6) is 5.32. The zero-order valence-corrected chi connectivity index (χ0v) is 9.25. The van der Waals surface area contributed by atoms with Crippen molar-refractivity contribution in [3.8, 4) is 0 Å². The molecule has 1 aromatic rings. The molecule has 6 heteroatoms. The van der Waals surface area contributed by atoms with Crippen LogP contribution in [0.2, 0.25) is 0 Å². The summed E-state index contributed by atoms with van der Waals surface area (Å²) in [5.41, 5.74) is 7.56. The predicted molar refractivity (Wildman–Crippen MR) is 60.9 cm³/mol. The summed E-state index contributed by atoms with van der Waals surface area (Å²) in [5, 5.41) is 0.152. The molecule has 1 rings (SSSR count). The Morgan fingerprint density at radius 2 is 2.40 bits per heavy atom. The van der Waals surface area contributed by atoms with E-state index >= 15 is 0 Å². The minimum atomic E-state index is -0.168. The SMILES string of the molecule is CC(CC(=O)NN)Sc1ccc(N)nc1. The number of carbonyl (C=O) groups is 1. The Labute approximate surface area is 92.6 Å². The minimum Gasteiger partial charge on any atom is -0.384 e. The molecule has 1 aromatic heterocycles. The molecular weight excluding hydrogens is 212 g/mol. The van der Waals surface area contributed by atoms with E-state index in [0.717, 1.165) is 4.90 Å². The molecule has 82 valence electrons. The summed E-state index contributed by atoms with van der Waals surface area (Å²) in [6.45, 7) is 1.95. The topological polar surface area (TPSA) is 94.0 Å². The van der Waals surface area contributed by atoms with E-state index in [0.29, 0.717) is 12.2 Å². The van der Waals surface area contributed by atoms with Gasteiger partial charge in [-0.05, 0) is 12.1 Å². The van der Waals surface area contributed by atoms with Gasteiger partial charge in [0.2, 0.25) is 5.91 Å². The second-order valence-electron chi connectivity index (χ2n) is 3.12. The second kappa shape index (κ2) is 5.57. The van der Waals surface area contributed by atoms with E-state index in [1.165, 1.54) is 0 Å². The van der Waals surface area contributed by atoms with Gasteiger partial charge in [0, 0.05) is 22.8 Å². The minimum absolute atomic E-state index is 0.152. The summed E-state index contributed by atoms with van der Waals surface area (Å²) in [6.07, 6.45) is 2.07. The van der Waals surface area contributed by atoms with Crippen molar-refractivity contribution < 1.29 is 4.79 Å². The molecule has 0 fully saturated rings. The van der Waals surface area contributed by atoms with Crippen LogP contribution in [0.15, 0.2) is 23.2 Å². The van der Waals surface area contributed by atoms with E-state index in [1.54, 1.807) is 24.0 Å². The first kappa shape index (κ1) is 11.8. The fourth-order valence-corrected chi connectivity index (χ4v) is 2.01. The molecule has 0 radical (unpaired) electrons. The van der Waals surface area contributed by atoms with Gasteiger partial charge in [-0.3, -0.25) is 10.2 Å². The van der Waals surface area contributed by atoms with Gasteiger partial charge in [-0.25, -0.2) is 10.8 Å². The van der Waals surface area contributed by atoms with E-state index < -0.39 is 0 Å². The van der Waals surface area contributed by atoms with Gasteiger partial charge in [0.05, 0.1) is 0 Å². The summed E-state index contributed by atoms with van der Waals surface area (Å²) in [7, 11) is 0. The summed E-state index contributed by atoms with van der Waals surface area (Å²) in [6, 6.07) is 3.61. The Hall–Kier alpha value is -1.27. The number of hydrazine groups is 1. The number of nitrogens with two attached hydrogens (primary N) is 2. The highest BCUT2D eigenvalue weighted by Gasteiger charge is 2.09. The van der Waals surface area contributed by atoms with Gasteiger partial charge in [0.1, 0.15) is 5.82 Å². The van der Waals surface area contributed by atoms with Crippen molar-refractivity contribution in [2.45, 2.75) is 23.5 Å². The van der Waals surface area contributed by atoms with Crippen LogP contribution in [-0.4, -0.2) is 16.1 Å². The fourth-order valence-electron chi connectivity index (χ4n) is 1.06. The first-order valence-electron chi connectivity index (χ1n) is 4.49. The molecule has 0 saturated heterocycles. The van der Waals surface area contributed by atoms with E-state index in [9.17, 15) is 4.79 Å². The molecule has 0 aliphatic heterocycles. The Kier molecular flexibility index (Phi) is 4.38. The summed E-state index contributed by atoms with van der Waals surface area (Å²) >= 11 is 1.56. The van der Waals surface area contributed by atoms with E-state index in [1.807, 2.05) is 13.0 Å². The number of nitrogens with zero attached hydrogens (tertiary/aromatic N) is 1. The molecule has 1 heterocycles. The maximum Gasteiger partial charge on any atom is 0.234 e. The monoisotopic (exact) mass is 226 g/mol. The van der Waals surface area contributed by atoms with Gasteiger partial charge in [-0.1, -0.05) is 6.92 Å². The molecule has 0 saturated carbocycles. The van der Waals surface area contributed by atoms with E-state index in [4.69, 9.17) is 11.6 Å². The Bertz CT molecular complexity index is 327. The smallest absolute Gasteiger partial charge is 0.234 e. The average Bonchev–Trinajstić information content (AvgIpc) is 2.21. The van der Waals surface area contributed by atoms with Crippen LogP contribution in [0.5, 0.6) is 0 Å². The van der Waals surface area contributed by atoms with Crippen LogP contribution < -0.4 is 17.0 Å². The number of thioether (sulfide) groups is 1. The molecule has 0 aromatic carbocycles. The number of nitrogens with one attached hydrogen (secondary N) is 1. The lowest BCUT2D eigenvalue weighted by Crippen LogP contribution is -2.31. The number of hydrogen-bond acceptors (Lipinski definition) is 5. The molecule has 0 bridgehead atoms. The van der Waals surface area contributed by atoms with Gasteiger partial charge < -0.3 is 5.73 Å². The first-order chi connectivity index (χ1) is 7.11. The van der Waals surface area contributed by atoms with Crippen LogP contribution in [0.3, 0.4) is 0 Å². The van der Waals surface area contributed by atoms with Crippen LogP contribution in [0.25, 0.3) is 0 Å². The standard InChI is InChI=1S/C9H14N4OS/c1-6(4-9(14)13-11)15-7-2-3-8(10)12-5-7/h2-3,5-6H,4,11H2,1H3,(H2,10,12)(H,13,14). The van der Waals surface area contributed by atoms with Crippen molar-refractivity contribution in [3.63, 3.8) is 0 Å². The largest absolute Gasteiger partial charge is 0.384 e. The first-order valence-corrected chi connectivity index (χ1v) is 5.37. The van der Waals surface area contributed by atoms with Crippen molar-refractivity contribution >= 4 is 23.5 Å². The molecule has 1 unspecified atom stereocenters. The third-order valence-electron chi connectivity index (χ3n) is 1.73. The average molecular weight is 226 g/mol. The molecule has 5 nitrogen and oxygen atoms in total. The van der Waals surface area contributed by atoms with Gasteiger partial charge in [-0.15, -0.1) is 11.8 Å². The van der Waals surface area contributed by atoms with Crippen molar-refractivity contribution in [2.24, 2.45) is 5.84 Å². The van der Waals surface area contributed by atoms with Crippen LogP contribution in [0.4, 0.5) is 5.82 Å². The van der Waals surface area contributed by atoms with Gasteiger partial charge in [-0.2, -0.15) is 0 Å². The number of anilines is 1. The summed E-state index contributed by atoms with van der Waals surface area (Å²) in [4.78, 5) is 15.9. The Morgan fingerprint density at radius 1 is 1.67 bits per heavy atom. The number of aromatic nitrogens is 1. The number of hydrogen-bond donors (Lipinski definition) is 3. The molecule has 1 atom stereocenters. The molecular formula is C9H14N4OS. The Balaban J connectivity index is 2.47. The molecule has 15 heavy (non-hydrogen) atoms. The quantitative estimate of drug-likeness (QED) is 0.301. The highest BCUT2D eigenvalue weighted by Crippen LogP contribution is 2.24. The van der Waals surface area contributed by atoms with Gasteiger partial charge >= 0.3 is 0 Å². The summed E-state index contributed by atoms with van der Waals surface area (Å²) < 4.78 is 0. The normalized spacial score (nSPS) is 12.1. The number of carbonyl (C=O) groups excluding carboxylic acids is 1. The number of rotatable bonds is 4. The van der Waals surface area contributed by atoms with E-state index in [-0.39, 0.29) is 11.2 Å². The molecule has 0 aliphatic rings. The molecule has 5 N–H and O–H groups in total. The lowest BCUT2D eigenvalue weighted by molar-refractivity contribution is -0.121. The van der Waals surface area contributed by atoms with Crippen LogP contribution in [0, 0.1) is 0 Å². The highest BCUT2D eigenvalue weighted by molar-refractivity contribution is 8.00. The molecule has 0 spiro atoms. The predicted octanol–water partition coefficient (Wildman–Crippen LogP) is 0.524. The maximum absolute atomic E-state index is 11.0. The third-order valence-corrected chi connectivity index (χ3v) is 2.81. The highest BCUT2D eigenvalue weighted by atomic mass is 32.2. The van der Waals surface area contributed by atoms with Crippen molar-refractivity contribution in [3.05, 3.63) is 18.3 Å². The number of pyridine rings is 1. The lowest BCUT2D eigenvalue weighted by atomic mass is 10.3. The second-order valence-corrected chi connectivity index (χ2v) is 4.63. The zero-order valence-electron chi connectivity index (χ0n) is 8.43. The fraction of sp³-hybridized carbons (Fsp3) is 0.333. The molecule has 0 aliphatic carbocycles. The lowest BCUT2D eigenvalue weighted by Gasteiger charge is -2.09. The maximum atomic E-state index is 11.0. The Morgan fingerprint density at radius 3 is 2.93 bits per heavy atom. The van der Waals surface area contributed by atoms with Gasteiger partial charge in [0.25, 0.3) is 0 Å².